The molecule has 18 heavy (non-hydrogen) atoms. The third kappa shape index (κ3) is 1.88. The molecule has 0 aliphatic rings. The van der Waals surface area contributed by atoms with Crippen LogP contribution in [0.4, 0.5) is 0 Å². The Hall–Kier alpha value is -1.81. The van der Waals surface area contributed by atoms with E-state index < -0.39 is 0 Å². The van der Waals surface area contributed by atoms with Crippen LogP contribution in [-0.4, -0.2) is 19.3 Å². The molecular formula is C13H13ClN4. The molecule has 0 spiro atoms. The van der Waals surface area contributed by atoms with Crippen LogP contribution in [-0.2, 0) is 19.5 Å². The molecule has 3 rings (SSSR count). The fourth-order valence-corrected chi connectivity index (χ4v) is 2.34. The lowest BCUT2D eigenvalue weighted by molar-refractivity contribution is 0.759. The van der Waals surface area contributed by atoms with E-state index in [2.05, 4.69) is 20.7 Å². The largest absolute Gasteiger partial charge is 0.322 e. The van der Waals surface area contributed by atoms with Crippen molar-refractivity contribution in [3.63, 3.8) is 0 Å². The van der Waals surface area contributed by atoms with Crippen molar-refractivity contribution < 1.29 is 0 Å². The SMILES string of the molecule is Cn1cc(Cn2c(CCl)nc3ccccc32)cn1. The number of alkyl halides is 1. The monoisotopic (exact) mass is 260 g/mol. The number of fused-ring (bicyclic) bond motifs is 1. The van der Waals surface area contributed by atoms with E-state index in [0.29, 0.717) is 5.88 Å². The molecule has 0 aliphatic carbocycles. The first-order valence-corrected chi connectivity index (χ1v) is 6.29. The van der Waals surface area contributed by atoms with Gasteiger partial charge in [0.25, 0.3) is 0 Å². The van der Waals surface area contributed by atoms with E-state index in [0.717, 1.165) is 29.0 Å². The second-order valence-electron chi connectivity index (χ2n) is 4.26. The average Bonchev–Trinajstić information content (AvgIpc) is 2.94. The maximum atomic E-state index is 5.97. The van der Waals surface area contributed by atoms with Crippen molar-refractivity contribution in [2.45, 2.75) is 12.4 Å². The second kappa shape index (κ2) is 4.46. The molecule has 0 amide bonds. The third-order valence-corrected chi connectivity index (χ3v) is 3.19. The number of hydrogen-bond acceptors (Lipinski definition) is 2. The quantitative estimate of drug-likeness (QED) is 0.679. The molecule has 4 nitrogen and oxygen atoms in total. The van der Waals surface area contributed by atoms with E-state index >= 15 is 0 Å². The fourth-order valence-electron chi connectivity index (χ4n) is 2.14. The van der Waals surface area contributed by atoms with Gasteiger partial charge in [-0.1, -0.05) is 12.1 Å². The zero-order chi connectivity index (χ0) is 12.5. The Bertz CT molecular complexity index is 683. The molecule has 0 bridgehead atoms. The highest BCUT2D eigenvalue weighted by molar-refractivity contribution is 6.16. The van der Waals surface area contributed by atoms with Crippen LogP contribution in [0.15, 0.2) is 36.7 Å². The van der Waals surface area contributed by atoms with Crippen molar-refractivity contribution in [3.05, 3.63) is 48.0 Å². The molecule has 0 fully saturated rings. The van der Waals surface area contributed by atoms with E-state index in [1.807, 2.05) is 37.6 Å². The van der Waals surface area contributed by atoms with Crippen LogP contribution in [0.3, 0.4) is 0 Å². The number of nitrogens with zero attached hydrogens (tertiary/aromatic N) is 4. The van der Waals surface area contributed by atoms with Gasteiger partial charge < -0.3 is 4.57 Å². The Morgan fingerprint density at radius 1 is 1.28 bits per heavy atom. The Labute approximate surface area is 110 Å². The maximum absolute atomic E-state index is 5.97. The molecule has 5 heteroatoms. The summed E-state index contributed by atoms with van der Waals surface area (Å²) in [6.45, 7) is 0.746. The van der Waals surface area contributed by atoms with Crippen LogP contribution in [0, 0.1) is 0 Å². The van der Waals surface area contributed by atoms with Gasteiger partial charge in [-0.2, -0.15) is 5.10 Å². The number of imidazole rings is 1. The fraction of sp³-hybridized carbons (Fsp3) is 0.231. The summed E-state index contributed by atoms with van der Waals surface area (Å²) in [7, 11) is 1.91. The number of aromatic nitrogens is 4. The molecule has 0 unspecified atom stereocenters. The van der Waals surface area contributed by atoms with Crippen LogP contribution in [0.5, 0.6) is 0 Å². The molecule has 0 radical (unpaired) electrons. The van der Waals surface area contributed by atoms with Gasteiger partial charge in [-0.25, -0.2) is 4.98 Å². The lowest BCUT2D eigenvalue weighted by Gasteiger charge is -2.05. The molecule has 3 aromatic rings. The predicted octanol–water partition coefficient (Wildman–Crippen LogP) is 2.56. The molecule has 2 heterocycles. The Kier molecular flexibility index (Phi) is 2.80. The van der Waals surface area contributed by atoms with Crippen molar-refractivity contribution in [3.8, 4) is 0 Å². The number of para-hydroxylation sites is 2. The predicted molar refractivity (Wildman–Crippen MR) is 71.6 cm³/mol. The van der Waals surface area contributed by atoms with Gasteiger partial charge in [-0.3, -0.25) is 4.68 Å². The molecule has 1 aromatic carbocycles. The molecule has 0 saturated carbocycles. The van der Waals surface area contributed by atoms with E-state index in [1.165, 1.54) is 0 Å². The first-order chi connectivity index (χ1) is 8.78. The Morgan fingerprint density at radius 2 is 2.11 bits per heavy atom. The Morgan fingerprint density at radius 3 is 2.83 bits per heavy atom. The van der Waals surface area contributed by atoms with E-state index in [1.54, 1.807) is 4.68 Å². The van der Waals surface area contributed by atoms with Crippen LogP contribution in [0.1, 0.15) is 11.4 Å². The minimum absolute atomic E-state index is 0.412. The van der Waals surface area contributed by atoms with Crippen molar-refractivity contribution in [1.29, 1.82) is 0 Å². The normalized spacial score (nSPS) is 11.2. The summed E-state index contributed by atoms with van der Waals surface area (Å²) in [6, 6.07) is 8.07. The van der Waals surface area contributed by atoms with E-state index in [4.69, 9.17) is 11.6 Å². The highest BCUT2D eigenvalue weighted by atomic mass is 35.5. The highest BCUT2D eigenvalue weighted by Gasteiger charge is 2.10. The lowest BCUT2D eigenvalue weighted by atomic mass is 10.3. The standard InChI is InChI=1S/C13H13ClN4/c1-17-8-10(7-15-17)9-18-12-5-3-2-4-11(12)16-13(18)6-14/h2-5,7-8H,6,9H2,1H3. The first-order valence-electron chi connectivity index (χ1n) is 5.75. The van der Waals surface area contributed by atoms with Crippen molar-refractivity contribution in [2.75, 3.05) is 0 Å². The summed E-state index contributed by atoms with van der Waals surface area (Å²) in [5.74, 6) is 1.30. The molecule has 0 atom stereocenters. The summed E-state index contributed by atoms with van der Waals surface area (Å²) in [4.78, 5) is 4.54. The Balaban J connectivity index is 2.09. The summed E-state index contributed by atoms with van der Waals surface area (Å²) < 4.78 is 3.94. The summed E-state index contributed by atoms with van der Waals surface area (Å²) >= 11 is 5.97. The number of aryl methyl sites for hydroxylation is 1. The lowest BCUT2D eigenvalue weighted by Crippen LogP contribution is -2.03. The van der Waals surface area contributed by atoms with Crippen molar-refractivity contribution in [2.24, 2.45) is 7.05 Å². The summed E-state index contributed by atoms with van der Waals surface area (Å²) in [5, 5.41) is 4.18. The molecular weight excluding hydrogens is 248 g/mol. The number of benzene rings is 1. The van der Waals surface area contributed by atoms with Crippen LogP contribution < -0.4 is 0 Å². The molecule has 0 aliphatic heterocycles. The average molecular weight is 261 g/mol. The van der Waals surface area contributed by atoms with Gasteiger partial charge >= 0.3 is 0 Å². The minimum atomic E-state index is 0.412. The van der Waals surface area contributed by atoms with Gasteiger partial charge in [0.05, 0.1) is 29.7 Å². The summed E-state index contributed by atoms with van der Waals surface area (Å²) in [6.07, 6.45) is 3.87. The highest BCUT2D eigenvalue weighted by Crippen LogP contribution is 2.18. The zero-order valence-corrected chi connectivity index (χ0v) is 10.8. The molecule has 0 N–H and O–H groups in total. The van der Waals surface area contributed by atoms with E-state index in [-0.39, 0.29) is 0 Å². The molecule has 2 aromatic heterocycles. The van der Waals surface area contributed by atoms with Gasteiger partial charge in [0.1, 0.15) is 5.82 Å². The smallest absolute Gasteiger partial charge is 0.125 e. The first kappa shape index (κ1) is 11.3. The van der Waals surface area contributed by atoms with Gasteiger partial charge in [-0.05, 0) is 12.1 Å². The maximum Gasteiger partial charge on any atom is 0.125 e. The van der Waals surface area contributed by atoms with Crippen LogP contribution in [0.2, 0.25) is 0 Å². The van der Waals surface area contributed by atoms with Gasteiger partial charge in [0.2, 0.25) is 0 Å². The van der Waals surface area contributed by atoms with Gasteiger partial charge in [0.15, 0.2) is 0 Å². The van der Waals surface area contributed by atoms with Crippen molar-refractivity contribution in [1.82, 2.24) is 19.3 Å². The number of hydrogen-bond donors (Lipinski definition) is 0. The minimum Gasteiger partial charge on any atom is -0.322 e. The zero-order valence-electron chi connectivity index (χ0n) is 10.0. The topological polar surface area (TPSA) is 35.6 Å². The van der Waals surface area contributed by atoms with Crippen LogP contribution >= 0.6 is 11.6 Å². The molecule has 0 saturated heterocycles. The molecule has 92 valence electrons. The van der Waals surface area contributed by atoms with Crippen LogP contribution in [0.25, 0.3) is 11.0 Å². The van der Waals surface area contributed by atoms with Crippen molar-refractivity contribution >= 4 is 22.6 Å². The van der Waals surface area contributed by atoms with E-state index in [9.17, 15) is 0 Å². The summed E-state index contributed by atoms with van der Waals surface area (Å²) in [5.41, 5.74) is 3.24. The third-order valence-electron chi connectivity index (χ3n) is 2.95. The van der Waals surface area contributed by atoms with Gasteiger partial charge in [-0.15, -0.1) is 11.6 Å². The number of halogens is 1. The van der Waals surface area contributed by atoms with Gasteiger partial charge in [0, 0.05) is 18.8 Å². The number of rotatable bonds is 3. The second-order valence-corrected chi connectivity index (χ2v) is 4.53.